The van der Waals surface area contributed by atoms with Crippen molar-refractivity contribution in [3.8, 4) is 0 Å². The molecule has 0 bridgehead atoms. The zero-order chi connectivity index (χ0) is 18.6. The van der Waals surface area contributed by atoms with Crippen LogP contribution in [0.25, 0.3) is 0 Å². The number of hydrogen-bond donors (Lipinski definition) is 0. The smallest absolute Gasteiger partial charge is 0.0714 e. The van der Waals surface area contributed by atoms with Gasteiger partial charge in [-0.25, -0.2) is 0 Å². The van der Waals surface area contributed by atoms with Gasteiger partial charge >= 0.3 is 0 Å². The largest absolute Gasteiger partial charge is 0.0738 e. The highest BCUT2D eigenvalue weighted by molar-refractivity contribution is 7.98. The maximum Gasteiger partial charge on any atom is 0.0738 e. The summed E-state index contributed by atoms with van der Waals surface area (Å²) in [6.45, 7) is 8.08. The molecular weight excluding hydrogens is 347 g/mol. The summed E-state index contributed by atoms with van der Waals surface area (Å²) in [7, 11) is -1.50. The van der Waals surface area contributed by atoms with E-state index in [0.717, 1.165) is 6.42 Å². The molecule has 0 fully saturated rings. The van der Waals surface area contributed by atoms with E-state index in [9.17, 15) is 0 Å². The minimum absolute atomic E-state index is 1.14. The van der Waals surface area contributed by atoms with Crippen LogP contribution in [0.4, 0.5) is 0 Å². The summed E-state index contributed by atoms with van der Waals surface area (Å²) in [5.41, 5.74) is 0. The van der Waals surface area contributed by atoms with Crippen molar-refractivity contribution in [3.63, 3.8) is 0 Å². The minimum Gasteiger partial charge on any atom is -0.0714 e. The van der Waals surface area contributed by atoms with Crippen LogP contribution >= 0.6 is 6.89 Å². The first-order chi connectivity index (χ1) is 12.5. The zero-order valence-corrected chi connectivity index (χ0v) is 18.2. The second-order valence-corrected chi connectivity index (χ2v) is 16.7. The Balaban J connectivity index is 2.59. The molecular formula is C24H29PSi. The topological polar surface area (TPSA) is 0 Å². The van der Waals surface area contributed by atoms with Crippen LogP contribution in [0.15, 0.2) is 91.0 Å². The lowest BCUT2D eigenvalue weighted by molar-refractivity contribution is 1.33. The average molecular weight is 377 g/mol. The summed E-state index contributed by atoms with van der Waals surface area (Å²) in [6.07, 6.45) is 1.14. The van der Waals surface area contributed by atoms with Gasteiger partial charge in [-0.2, -0.15) is 0 Å². The Morgan fingerprint density at radius 1 is 0.615 bits per heavy atom. The highest BCUT2D eigenvalue weighted by Crippen LogP contribution is 2.48. The second kappa shape index (κ2) is 7.82. The summed E-state index contributed by atoms with van der Waals surface area (Å²) in [5, 5.41) is 4.45. The Hall–Kier alpha value is -1.82. The van der Waals surface area contributed by atoms with Crippen LogP contribution in [0.2, 0.25) is 19.6 Å². The summed E-state index contributed by atoms with van der Waals surface area (Å²) >= 11 is 0. The van der Waals surface area contributed by atoms with Crippen molar-refractivity contribution in [1.82, 2.24) is 0 Å². The second-order valence-electron chi connectivity index (χ2n) is 7.73. The fraction of sp³-hybridized carbons (Fsp3) is 0.208. The van der Waals surface area contributed by atoms with Crippen molar-refractivity contribution < 1.29 is 0 Å². The average Bonchev–Trinajstić information content (AvgIpc) is 2.67. The third-order valence-electron chi connectivity index (χ3n) is 5.04. The van der Waals surface area contributed by atoms with Crippen molar-refractivity contribution in [2.24, 2.45) is 0 Å². The van der Waals surface area contributed by atoms with Gasteiger partial charge in [0.15, 0.2) is 0 Å². The van der Waals surface area contributed by atoms with Crippen LogP contribution in [0.1, 0.15) is 13.3 Å². The molecule has 0 unspecified atom stereocenters. The Kier molecular flexibility index (Phi) is 5.70. The highest BCUT2D eigenvalue weighted by atomic mass is 31.2. The molecule has 0 amide bonds. The molecule has 0 aliphatic heterocycles. The maximum atomic E-state index is 2.51. The van der Waals surface area contributed by atoms with Crippen molar-refractivity contribution in [1.29, 1.82) is 0 Å². The molecule has 3 aromatic carbocycles. The maximum absolute atomic E-state index is 2.51. The fourth-order valence-corrected chi connectivity index (χ4v) is 14.5. The van der Waals surface area contributed by atoms with Crippen LogP contribution in [0, 0.1) is 0 Å². The summed E-state index contributed by atoms with van der Waals surface area (Å²) in [4.78, 5) is 1.79. The molecule has 0 aliphatic rings. The molecule has 2 heteroatoms. The lowest BCUT2D eigenvalue weighted by Gasteiger charge is -2.37. The van der Waals surface area contributed by atoms with Crippen molar-refractivity contribution in [2.45, 2.75) is 33.0 Å². The molecule has 0 atom stereocenters. The quantitative estimate of drug-likeness (QED) is 0.411. The molecule has 0 nitrogen and oxygen atoms in total. The van der Waals surface area contributed by atoms with Gasteiger partial charge in [-0.1, -0.05) is 122 Å². The summed E-state index contributed by atoms with van der Waals surface area (Å²) in [5.74, 6) is 0. The number of hydrogen-bond acceptors (Lipinski definition) is 0. The first-order valence-corrected chi connectivity index (χ1v) is 14.7. The summed E-state index contributed by atoms with van der Waals surface area (Å²) in [6, 6.07) is 33.7. The molecule has 26 heavy (non-hydrogen) atoms. The number of benzene rings is 3. The van der Waals surface area contributed by atoms with E-state index in [2.05, 4.69) is 118 Å². The molecule has 0 heterocycles. The van der Waals surface area contributed by atoms with Crippen molar-refractivity contribution >= 4 is 35.8 Å². The van der Waals surface area contributed by atoms with Crippen LogP contribution < -0.4 is 15.9 Å². The molecule has 0 saturated carbocycles. The van der Waals surface area contributed by atoms with Crippen LogP contribution in [0.5, 0.6) is 0 Å². The SMILES string of the molecule is CCC([Si](C)(C)C)=P(c1ccccc1)(c1ccccc1)c1ccccc1. The van der Waals surface area contributed by atoms with E-state index in [0.29, 0.717) is 0 Å². The normalized spacial score (nSPS) is 12.0. The van der Waals surface area contributed by atoms with Crippen LogP contribution in [-0.4, -0.2) is 13.0 Å². The fourth-order valence-electron chi connectivity index (χ4n) is 4.14. The Morgan fingerprint density at radius 3 is 1.15 bits per heavy atom. The lowest BCUT2D eigenvalue weighted by Crippen LogP contribution is -2.41. The molecule has 0 radical (unpaired) electrons. The van der Waals surface area contributed by atoms with Gasteiger partial charge in [0.25, 0.3) is 0 Å². The van der Waals surface area contributed by atoms with Gasteiger partial charge in [-0.3, -0.25) is 0 Å². The van der Waals surface area contributed by atoms with Gasteiger partial charge in [0.05, 0.1) is 8.07 Å². The Morgan fingerprint density at radius 2 is 0.923 bits per heavy atom. The van der Waals surface area contributed by atoms with Gasteiger partial charge in [-0.05, 0) is 29.2 Å². The van der Waals surface area contributed by atoms with E-state index in [1.54, 1.807) is 4.92 Å². The van der Waals surface area contributed by atoms with Gasteiger partial charge in [0, 0.05) is 0 Å². The van der Waals surface area contributed by atoms with E-state index in [4.69, 9.17) is 0 Å². The first-order valence-electron chi connectivity index (χ1n) is 9.44. The van der Waals surface area contributed by atoms with Gasteiger partial charge in [0.2, 0.25) is 0 Å². The minimum atomic E-state index is -1.81. The monoisotopic (exact) mass is 376 g/mol. The van der Waals surface area contributed by atoms with E-state index in [1.165, 1.54) is 15.9 Å². The highest BCUT2D eigenvalue weighted by Gasteiger charge is 2.34. The van der Waals surface area contributed by atoms with Gasteiger partial charge in [0.1, 0.15) is 0 Å². The first kappa shape index (κ1) is 19.0. The molecule has 0 aromatic heterocycles. The zero-order valence-electron chi connectivity index (χ0n) is 16.3. The molecule has 0 spiro atoms. The van der Waals surface area contributed by atoms with E-state index >= 15 is 0 Å². The lowest BCUT2D eigenvalue weighted by atomic mass is 10.4. The van der Waals surface area contributed by atoms with Crippen molar-refractivity contribution in [2.75, 3.05) is 0 Å². The van der Waals surface area contributed by atoms with Gasteiger partial charge < -0.3 is 0 Å². The Labute approximate surface area is 159 Å². The third-order valence-corrected chi connectivity index (χ3v) is 14.5. The standard InChI is InChI=1S/C24H29PSi/c1-5-24(26(2,3)4)25(21-15-9-6-10-16-21,22-17-11-7-12-18-22)23-19-13-8-14-20-23/h6-20H,5H2,1-4H3. The van der Waals surface area contributed by atoms with E-state index < -0.39 is 15.0 Å². The van der Waals surface area contributed by atoms with Crippen LogP contribution in [0.3, 0.4) is 0 Å². The molecule has 3 rings (SSSR count). The molecule has 0 aliphatic carbocycles. The molecule has 0 saturated heterocycles. The Bertz CT molecular complexity index is 788. The van der Waals surface area contributed by atoms with E-state index in [-0.39, 0.29) is 0 Å². The van der Waals surface area contributed by atoms with Gasteiger partial charge in [-0.15, -0.1) is 0 Å². The van der Waals surface area contributed by atoms with E-state index in [1.807, 2.05) is 0 Å². The number of rotatable bonds is 5. The molecule has 0 N–H and O–H groups in total. The van der Waals surface area contributed by atoms with Crippen LogP contribution in [-0.2, 0) is 0 Å². The molecule has 134 valence electrons. The molecule has 3 aromatic rings. The predicted molar refractivity (Wildman–Crippen MR) is 124 cm³/mol. The third kappa shape index (κ3) is 3.39. The summed E-state index contributed by atoms with van der Waals surface area (Å²) < 4.78 is 0. The van der Waals surface area contributed by atoms with Crippen molar-refractivity contribution in [3.05, 3.63) is 91.0 Å². The predicted octanol–water partition coefficient (Wildman–Crippen LogP) is 5.44.